The van der Waals surface area contributed by atoms with Gasteiger partial charge in [-0.25, -0.2) is 17.9 Å². The predicted molar refractivity (Wildman–Crippen MR) is 104 cm³/mol. The first-order valence-electron chi connectivity index (χ1n) is 8.77. The van der Waals surface area contributed by atoms with Gasteiger partial charge in [0.2, 0.25) is 10.0 Å². The number of nitriles is 1. The van der Waals surface area contributed by atoms with Crippen LogP contribution in [0.15, 0.2) is 44.9 Å². The summed E-state index contributed by atoms with van der Waals surface area (Å²) >= 11 is 0. The lowest BCUT2D eigenvalue weighted by molar-refractivity contribution is 0.457. The van der Waals surface area contributed by atoms with Crippen molar-refractivity contribution < 1.29 is 8.42 Å². The van der Waals surface area contributed by atoms with E-state index >= 15 is 0 Å². The SMILES string of the molecule is Cn1cc(N2CCC(NS(=O)(=O)c3ccc(C#N)cc3)CC2)c(=O)n(C)c1=O. The van der Waals surface area contributed by atoms with E-state index in [1.54, 1.807) is 7.05 Å². The summed E-state index contributed by atoms with van der Waals surface area (Å²) in [5, 5.41) is 8.82. The van der Waals surface area contributed by atoms with E-state index in [1.165, 1.54) is 42.1 Å². The Labute approximate surface area is 162 Å². The molecule has 1 aliphatic heterocycles. The van der Waals surface area contributed by atoms with Crippen molar-refractivity contribution in [1.82, 2.24) is 13.9 Å². The van der Waals surface area contributed by atoms with Gasteiger partial charge in [0.05, 0.1) is 16.5 Å². The van der Waals surface area contributed by atoms with E-state index in [0.717, 1.165) is 4.57 Å². The maximum absolute atomic E-state index is 12.5. The molecule has 2 aromatic rings. The summed E-state index contributed by atoms with van der Waals surface area (Å²) in [6.07, 6.45) is 2.58. The molecule has 0 bridgehead atoms. The Hall–Kier alpha value is -2.90. The van der Waals surface area contributed by atoms with Crippen LogP contribution in [0.2, 0.25) is 0 Å². The molecule has 2 heterocycles. The number of nitrogens with zero attached hydrogens (tertiary/aromatic N) is 4. The summed E-state index contributed by atoms with van der Waals surface area (Å²) < 4.78 is 30.2. The molecule has 1 aromatic heterocycles. The van der Waals surface area contributed by atoms with Gasteiger partial charge in [0.15, 0.2) is 0 Å². The number of benzene rings is 1. The average molecular weight is 403 g/mol. The molecule has 1 saturated heterocycles. The van der Waals surface area contributed by atoms with Crippen LogP contribution in [0.5, 0.6) is 0 Å². The molecule has 10 heteroatoms. The van der Waals surface area contributed by atoms with E-state index in [-0.39, 0.29) is 22.2 Å². The minimum Gasteiger partial charge on any atom is -0.366 e. The molecule has 0 aliphatic carbocycles. The highest BCUT2D eigenvalue weighted by Crippen LogP contribution is 2.18. The Balaban J connectivity index is 1.70. The van der Waals surface area contributed by atoms with Crippen LogP contribution in [0.25, 0.3) is 0 Å². The highest BCUT2D eigenvalue weighted by Gasteiger charge is 2.26. The molecule has 28 heavy (non-hydrogen) atoms. The zero-order valence-electron chi connectivity index (χ0n) is 15.6. The number of anilines is 1. The van der Waals surface area contributed by atoms with Crippen molar-refractivity contribution in [1.29, 1.82) is 5.26 Å². The highest BCUT2D eigenvalue weighted by atomic mass is 32.2. The molecule has 1 fully saturated rings. The first-order chi connectivity index (χ1) is 13.2. The Morgan fingerprint density at radius 2 is 1.71 bits per heavy atom. The van der Waals surface area contributed by atoms with Crippen LogP contribution in [0.1, 0.15) is 18.4 Å². The van der Waals surface area contributed by atoms with Gasteiger partial charge < -0.3 is 9.47 Å². The van der Waals surface area contributed by atoms with Crippen LogP contribution < -0.4 is 20.9 Å². The normalized spacial score (nSPS) is 15.4. The van der Waals surface area contributed by atoms with Crippen molar-refractivity contribution >= 4 is 15.7 Å². The van der Waals surface area contributed by atoms with Crippen molar-refractivity contribution in [3.63, 3.8) is 0 Å². The highest BCUT2D eigenvalue weighted by molar-refractivity contribution is 7.89. The second-order valence-corrected chi connectivity index (χ2v) is 8.50. The number of piperidine rings is 1. The Kier molecular flexibility index (Phi) is 5.40. The maximum atomic E-state index is 12.5. The number of nitrogens with one attached hydrogen (secondary N) is 1. The Bertz CT molecular complexity index is 1130. The molecule has 1 N–H and O–H groups in total. The fraction of sp³-hybridized carbons (Fsp3) is 0.389. The Morgan fingerprint density at radius 1 is 1.11 bits per heavy atom. The quantitative estimate of drug-likeness (QED) is 0.762. The standard InChI is InChI=1S/C18H21N5O4S/c1-21-12-16(17(24)22(2)18(21)25)23-9-7-14(8-10-23)20-28(26,27)15-5-3-13(11-19)4-6-15/h3-6,12,14,20H,7-10H2,1-2H3. The largest absolute Gasteiger partial charge is 0.366 e. The predicted octanol–water partition coefficient (Wildman–Crippen LogP) is -0.0970. The third-order valence-electron chi connectivity index (χ3n) is 4.88. The summed E-state index contributed by atoms with van der Waals surface area (Å²) in [6.45, 7) is 0.988. The smallest absolute Gasteiger partial charge is 0.330 e. The van der Waals surface area contributed by atoms with Crippen molar-refractivity contribution in [2.75, 3.05) is 18.0 Å². The maximum Gasteiger partial charge on any atom is 0.330 e. The average Bonchev–Trinajstić information content (AvgIpc) is 2.69. The molecule has 0 atom stereocenters. The Morgan fingerprint density at radius 3 is 2.29 bits per heavy atom. The van der Waals surface area contributed by atoms with Crippen LogP contribution in [0.4, 0.5) is 5.69 Å². The lowest BCUT2D eigenvalue weighted by Crippen LogP contribution is -2.47. The fourth-order valence-corrected chi connectivity index (χ4v) is 4.55. The molecule has 3 rings (SSSR count). The lowest BCUT2D eigenvalue weighted by Gasteiger charge is -2.33. The van der Waals surface area contributed by atoms with Crippen molar-refractivity contribution in [2.24, 2.45) is 14.1 Å². The molecular formula is C18H21N5O4S. The van der Waals surface area contributed by atoms with Crippen LogP contribution in [-0.2, 0) is 24.1 Å². The molecule has 0 radical (unpaired) electrons. The number of aryl methyl sites for hydroxylation is 1. The van der Waals surface area contributed by atoms with E-state index < -0.39 is 10.0 Å². The van der Waals surface area contributed by atoms with Crippen molar-refractivity contribution in [3.05, 3.63) is 56.9 Å². The van der Waals surface area contributed by atoms with Crippen LogP contribution in [0.3, 0.4) is 0 Å². The summed E-state index contributed by atoms with van der Waals surface area (Å²) in [7, 11) is -0.659. The summed E-state index contributed by atoms with van der Waals surface area (Å²) in [5.74, 6) is 0. The van der Waals surface area contributed by atoms with Gasteiger partial charge in [-0.15, -0.1) is 0 Å². The van der Waals surface area contributed by atoms with E-state index in [4.69, 9.17) is 5.26 Å². The second-order valence-electron chi connectivity index (χ2n) is 6.79. The van der Waals surface area contributed by atoms with Gasteiger partial charge in [0.1, 0.15) is 5.69 Å². The van der Waals surface area contributed by atoms with Gasteiger partial charge in [-0.3, -0.25) is 9.36 Å². The first kappa shape index (κ1) is 19.9. The minimum absolute atomic E-state index is 0.112. The first-order valence-corrected chi connectivity index (χ1v) is 10.3. The van der Waals surface area contributed by atoms with E-state index in [9.17, 15) is 18.0 Å². The van der Waals surface area contributed by atoms with Crippen molar-refractivity contribution in [2.45, 2.75) is 23.8 Å². The zero-order valence-corrected chi connectivity index (χ0v) is 16.4. The molecule has 1 aromatic carbocycles. The third kappa shape index (κ3) is 3.85. The summed E-state index contributed by atoms with van der Waals surface area (Å²) in [4.78, 5) is 26.2. The minimum atomic E-state index is -3.68. The summed E-state index contributed by atoms with van der Waals surface area (Å²) in [6, 6.07) is 7.44. The van der Waals surface area contributed by atoms with E-state index in [0.29, 0.717) is 37.2 Å². The molecule has 9 nitrogen and oxygen atoms in total. The topological polar surface area (TPSA) is 117 Å². The molecule has 0 unspecified atom stereocenters. The fourth-order valence-electron chi connectivity index (χ4n) is 3.24. The number of hydrogen-bond donors (Lipinski definition) is 1. The number of aromatic nitrogens is 2. The molecular weight excluding hydrogens is 382 g/mol. The molecule has 0 saturated carbocycles. The van der Waals surface area contributed by atoms with Gasteiger partial charge >= 0.3 is 5.69 Å². The number of sulfonamides is 1. The third-order valence-corrected chi connectivity index (χ3v) is 6.42. The van der Waals surface area contributed by atoms with Gasteiger partial charge in [-0.2, -0.15) is 5.26 Å². The van der Waals surface area contributed by atoms with Crippen LogP contribution in [0, 0.1) is 11.3 Å². The van der Waals surface area contributed by atoms with Gasteiger partial charge in [0.25, 0.3) is 5.56 Å². The van der Waals surface area contributed by atoms with Gasteiger partial charge in [-0.05, 0) is 37.1 Å². The second kappa shape index (κ2) is 7.61. The lowest BCUT2D eigenvalue weighted by atomic mass is 10.1. The zero-order chi connectivity index (χ0) is 20.5. The molecule has 1 aliphatic rings. The summed E-state index contributed by atoms with van der Waals surface area (Å²) in [5.41, 5.74) is 0.0719. The van der Waals surface area contributed by atoms with Crippen LogP contribution in [-0.4, -0.2) is 36.7 Å². The van der Waals surface area contributed by atoms with Gasteiger partial charge in [0, 0.05) is 39.4 Å². The number of rotatable bonds is 4. The molecule has 148 valence electrons. The van der Waals surface area contributed by atoms with E-state index in [1.807, 2.05) is 11.0 Å². The van der Waals surface area contributed by atoms with Gasteiger partial charge in [-0.1, -0.05) is 0 Å². The molecule has 0 amide bonds. The van der Waals surface area contributed by atoms with Crippen molar-refractivity contribution in [3.8, 4) is 6.07 Å². The van der Waals surface area contributed by atoms with E-state index in [2.05, 4.69) is 4.72 Å². The monoisotopic (exact) mass is 403 g/mol. The molecule has 0 spiro atoms. The van der Waals surface area contributed by atoms with Crippen LogP contribution >= 0.6 is 0 Å². The number of hydrogen-bond acceptors (Lipinski definition) is 6.